The number of nitrogens with one attached hydrogen (secondary N) is 1. The van der Waals surface area contributed by atoms with Crippen LogP contribution in [0.15, 0.2) is 33.3 Å². The van der Waals surface area contributed by atoms with E-state index in [1.165, 1.54) is 0 Å². The molecule has 118 valence electrons. The van der Waals surface area contributed by atoms with Crippen molar-refractivity contribution in [3.63, 3.8) is 0 Å². The van der Waals surface area contributed by atoms with E-state index in [0.717, 1.165) is 32.8 Å². The van der Waals surface area contributed by atoms with Crippen molar-refractivity contribution in [2.24, 2.45) is 0 Å². The van der Waals surface area contributed by atoms with Crippen LogP contribution in [0.3, 0.4) is 0 Å². The monoisotopic (exact) mass is 382 g/mol. The topological polar surface area (TPSA) is 55.1 Å². The third kappa shape index (κ3) is 4.36. The highest BCUT2D eigenvalue weighted by molar-refractivity contribution is 9.10. The molecule has 0 fully saturated rings. The first-order valence-corrected chi connectivity index (χ1v) is 8.97. The highest BCUT2D eigenvalue weighted by Gasteiger charge is 2.13. The zero-order valence-corrected chi connectivity index (χ0v) is 15.3. The number of halogens is 1. The summed E-state index contributed by atoms with van der Waals surface area (Å²) >= 11 is 5.07. The Morgan fingerprint density at radius 1 is 1.41 bits per heavy atom. The lowest BCUT2D eigenvalue weighted by molar-refractivity contribution is -0.119. The molecule has 6 heteroatoms. The van der Waals surface area contributed by atoms with Crippen LogP contribution in [0.1, 0.15) is 35.5 Å². The minimum atomic E-state index is -0.0252. The van der Waals surface area contributed by atoms with Crippen LogP contribution < -0.4 is 5.32 Å². The fraction of sp³-hybridized carbons (Fsp3) is 0.375. The lowest BCUT2D eigenvalue weighted by Gasteiger charge is -2.15. The molecule has 0 saturated carbocycles. The molecule has 0 aliphatic rings. The average molecular weight is 383 g/mol. The molecule has 1 aromatic carbocycles. The van der Waals surface area contributed by atoms with Crippen LogP contribution >= 0.6 is 27.7 Å². The van der Waals surface area contributed by atoms with E-state index in [2.05, 4.69) is 26.4 Å². The molecule has 1 heterocycles. The summed E-state index contributed by atoms with van der Waals surface area (Å²) in [5.41, 5.74) is 3.05. The summed E-state index contributed by atoms with van der Waals surface area (Å²) in [7, 11) is 0. The summed E-state index contributed by atoms with van der Waals surface area (Å²) in [5.74, 6) is 2.00. The van der Waals surface area contributed by atoms with E-state index in [-0.39, 0.29) is 11.9 Å². The Balaban J connectivity index is 1.82. The molecular weight excluding hydrogens is 364 g/mol. The maximum atomic E-state index is 12.1. The van der Waals surface area contributed by atoms with Gasteiger partial charge in [-0.05, 0) is 32.4 Å². The van der Waals surface area contributed by atoms with Gasteiger partial charge in [0, 0.05) is 15.8 Å². The Kier molecular flexibility index (Phi) is 6.08. The van der Waals surface area contributed by atoms with Crippen molar-refractivity contribution in [2.45, 2.75) is 32.6 Å². The lowest BCUT2D eigenvalue weighted by atomic mass is 10.1. The molecule has 0 radical (unpaired) electrons. The lowest BCUT2D eigenvalue weighted by Crippen LogP contribution is -2.28. The minimum Gasteiger partial charge on any atom is -0.361 e. The number of thioether (sulfide) groups is 1. The molecule has 2 rings (SSSR count). The number of nitrogens with zero attached hydrogens (tertiary/aromatic N) is 1. The van der Waals surface area contributed by atoms with Crippen molar-refractivity contribution in [1.82, 2.24) is 10.5 Å². The van der Waals surface area contributed by atoms with Gasteiger partial charge in [0.05, 0.1) is 17.5 Å². The minimum absolute atomic E-state index is 0.0252. The van der Waals surface area contributed by atoms with E-state index in [9.17, 15) is 4.79 Å². The van der Waals surface area contributed by atoms with Crippen molar-refractivity contribution in [3.05, 3.63) is 51.3 Å². The Hall–Kier alpha value is -1.27. The van der Waals surface area contributed by atoms with Gasteiger partial charge in [0.1, 0.15) is 5.76 Å². The number of rotatable bonds is 6. The molecule has 1 unspecified atom stereocenters. The van der Waals surface area contributed by atoms with Crippen LogP contribution in [0.5, 0.6) is 0 Å². The molecule has 1 N–H and O–H groups in total. The third-order valence-electron chi connectivity index (χ3n) is 3.41. The second-order valence-electron chi connectivity index (χ2n) is 5.11. The number of aromatic nitrogens is 1. The molecule has 4 nitrogen and oxygen atoms in total. The first-order chi connectivity index (χ1) is 10.5. The van der Waals surface area contributed by atoms with E-state index in [4.69, 9.17) is 4.52 Å². The smallest absolute Gasteiger partial charge is 0.230 e. The van der Waals surface area contributed by atoms with E-state index in [0.29, 0.717) is 5.75 Å². The van der Waals surface area contributed by atoms with Gasteiger partial charge in [0.15, 0.2) is 0 Å². The quantitative estimate of drug-likeness (QED) is 0.814. The first kappa shape index (κ1) is 17.1. The summed E-state index contributed by atoms with van der Waals surface area (Å²) < 4.78 is 6.12. The highest BCUT2D eigenvalue weighted by atomic mass is 79.9. The third-order valence-corrected chi connectivity index (χ3v) is 5.09. The maximum absolute atomic E-state index is 12.1. The van der Waals surface area contributed by atoms with Crippen LogP contribution in [-0.2, 0) is 10.5 Å². The van der Waals surface area contributed by atoms with Crippen LogP contribution in [0.2, 0.25) is 0 Å². The number of hydrogen-bond acceptors (Lipinski definition) is 4. The Labute approximate surface area is 143 Å². The van der Waals surface area contributed by atoms with Gasteiger partial charge in [0.25, 0.3) is 0 Å². The molecule has 0 saturated heterocycles. The first-order valence-electron chi connectivity index (χ1n) is 7.02. The maximum Gasteiger partial charge on any atom is 0.230 e. The molecule has 0 aliphatic heterocycles. The Morgan fingerprint density at radius 3 is 2.77 bits per heavy atom. The molecule has 0 spiro atoms. The van der Waals surface area contributed by atoms with Crippen LogP contribution in [0.25, 0.3) is 0 Å². The molecule has 1 aromatic heterocycles. The van der Waals surface area contributed by atoms with Crippen molar-refractivity contribution < 1.29 is 9.32 Å². The van der Waals surface area contributed by atoms with Gasteiger partial charge in [-0.2, -0.15) is 0 Å². The largest absolute Gasteiger partial charge is 0.361 e. The van der Waals surface area contributed by atoms with Gasteiger partial charge in [-0.3, -0.25) is 4.79 Å². The van der Waals surface area contributed by atoms with Gasteiger partial charge in [0.2, 0.25) is 5.91 Å². The fourth-order valence-corrected chi connectivity index (χ4v) is 3.76. The number of carbonyl (C=O) groups is 1. The van der Waals surface area contributed by atoms with Crippen molar-refractivity contribution in [2.75, 3.05) is 5.75 Å². The fourth-order valence-electron chi connectivity index (χ4n) is 2.14. The summed E-state index contributed by atoms with van der Waals surface area (Å²) in [6, 6.07) is 7.88. The number of hydrogen-bond donors (Lipinski definition) is 1. The average Bonchev–Trinajstić information content (AvgIpc) is 2.79. The van der Waals surface area contributed by atoms with Gasteiger partial charge in [-0.25, -0.2) is 0 Å². The van der Waals surface area contributed by atoms with Gasteiger partial charge in [-0.1, -0.05) is 39.3 Å². The van der Waals surface area contributed by atoms with Crippen LogP contribution in [-0.4, -0.2) is 16.8 Å². The molecule has 2 aromatic rings. The van der Waals surface area contributed by atoms with E-state index in [1.807, 2.05) is 45.0 Å². The molecular formula is C16H19BrN2O2S. The van der Waals surface area contributed by atoms with Crippen LogP contribution in [0, 0.1) is 13.8 Å². The van der Waals surface area contributed by atoms with Gasteiger partial charge in [-0.15, -0.1) is 11.8 Å². The summed E-state index contributed by atoms with van der Waals surface area (Å²) in [4.78, 5) is 12.1. The van der Waals surface area contributed by atoms with Gasteiger partial charge < -0.3 is 9.84 Å². The van der Waals surface area contributed by atoms with Gasteiger partial charge >= 0.3 is 0 Å². The zero-order chi connectivity index (χ0) is 16.1. The summed E-state index contributed by atoms with van der Waals surface area (Å²) in [5, 5.41) is 6.94. The number of aryl methyl sites for hydroxylation is 2. The van der Waals surface area contributed by atoms with E-state index >= 15 is 0 Å². The number of carbonyl (C=O) groups excluding carboxylic acids is 1. The highest BCUT2D eigenvalue weighted by Crippen LogP contribution is 2.23. The normalized spacial score (nSPS) is 12.2. The number of amides is 1. The molecule has 1 amide bonds. The predicted octanol–water partition coefficient (Wildman–Crippen LogP) is 4.16. The second-order valence-corrected chi connectivity index (χ2v) is 6.95. The summed E-state index contributed by atoms with van der Waals surface area (Å²) in [6.07, 6.45) is 0. The van der Waals surface area contributed by atoms with Crippen molar-refractivity contribution >= 4 is 33.6 Å². The molecule has 0 aliphatic carbocycles. The summed E-state index contributed by atoms with van der Waals surface area (Å²) in [6.45, 7) is 5.80. The number of benzene rings is 1. The zero-order valence-electron chi connectivity index (χ0n) is 12.9. The van der Waals surface area contributed by atoms with E-state index < -0.39 is 0 Å². The molecule has 22 heavy (non-hydrogen) atoms. The van der Waals surface area contributed by atoms with Crippen LogP contribution in [0.4, 0.5) is 0 Å². The molecule has 0 bridgehead atoms. The predicted molar refractivity (Wildman–Crippen MR) is 92.8 cm³/mol. The Bertz CT molecular complexity index is 638. The molecule has 1 atom stereocenters. The Morgan fingerprint density at radius 2 is 2.14 bits per heavy atom. The SMILES string of the molecule is Cc1noc(C)c1CSCC(=O)NC(C)c1ccccc1Br. The van der Waals surface area contributed by atoms with Crippen molar-refractivity contribution in [1.29, 1.82) is 0 Å². The second kappa shape index (κ2) is 7.83. The van der Waals surface area contributed by atoms with Crippen molar-refractivity contribution in [3.8, 4) is 0 Å². The standard InChI is InChI=1S/C16H19BrN2O2S/c1-10(13-6-4-5-7-15(13)17)18-16(20)9-22-8-14-11(2)19-21-12(14)3/h4-7,10H,8-9H2,1-3H3,(H,18,20). The van der Waals surface area contributed by atoms with E-state index in [1.54, 1.807) is 11.8 Å².